The van der Waals surface area contributed by atoms with Crippen molar-refractivity contribution >= 4 is 49.2 Å². The van der Waals surface area contributed by atoms with Crippen molar-refractivity contribution in [3.05, 3.63) is 33.3 Å². The van der Waals surface area contributed by atoms with Crippen LogP contribution in [0.4, 0.5) is 0 Å². The predicted molar refractivity (Wildman–Crippen MR) is 71.0 cm³/mol. The van der Waals surface area contributed by atoms with Crippen molar-refractivity contribution in [1.82, 2.24) is 0 Å². The summed E-state index contributed by atoms with van der Waals surface area (Å²) in [5, 5.41) is 0.680. The average Bonchev–Trinajstić information content (AvgIpc) is 2.19. The molecular formula is C11H11Br2ClO. The first-order valence-electron chi connectivity index (χ1n) is 4.53. The fourth-order valence-electron chi connectivity index (χ4n) is 1.32. The van der Waals surface area contributed by atoms with Crippen molar-refractivity contribution < 1.29 is 4.79 Å². The van der Waals surface area contributed by atoms with Crippen LogP contribution >= 0.6 is 43.5 Å². The maximum atomic E-state index is 11.2. The molecule has 0 heterocycles. The third-order valence-electron chi connectivity index (χ3n) is 2.30. The molecule has 0 aliphatic heterocycles. The molecule has 1 aromatic rings. The number of rotatable bonds is 3. The Labute approximate surface area is 111 Å². The van der Waals surface area contributed by atoms with Gasteiger partial charge < -0.3 is 0 Å². The maximum Gasteiger partial charge on any atom is 0.144 e. The average molecular weight is 354 g/mol. The molecule has 0 bridgehead atoms. The molecule has 0 aromatic heterocycles. The summed E-state index contributed by atoms with van der Waals surface area (Å²) in [5.41, 5.74) is 1.09. The van der Waals surface area contributed by atoms with Gasteiger partial charge in [0.15, 0.2) is 0 Å². The lowest BCUT2D eigenvalue weighted by Gasteiger charge is -2.16. The molecule has 2 atom stereocenters. The van der Waals surface area contributed by atoms with Gasteiger partial charge in [-0.2, -0.15) is 0 Å². The van der Waals surface area contributed by atoms with Crippen LogP contribution in [0, 0.1) is 0 Å². The molecule has 0 saturated heterocycles. The Bertz CT molecular complexity index is 379. The van der Waals surface area contributed by atoms with E-state index in [2.05, 4.69) is 31.9 Å². The van der Waals surface area contributed by atoms with Gasteiger partial charge in [0.2, 0.25) is 0 Å². The van der Waals surface area contributed by atoms with Gasteiger partial charge in [-0.25, -0.2) is 0 Å². The fourth-order valence-corrected chi connectivity index (χ4v) is 2.14. The lowest BCUT2D eigenvalue weighted by molar-refractivity contribution is -0.116. The zero-order valence-corrected chi connectivity index (χ0v) is 12.4. The fraction of sp³-hybridized carbons (Fsp3) is 0.364. The van der Waals surface area contributed by atoms with E-state index in [4.69, 9.17) is 11.6 Å². The molecule has 1 nitrogen and oxygen atoms in total. The molecule has 82 valence electrons. The van der Waals surface area contributed by atoms with Gasteiger partial charge in [-0.05, 0) is 40.5 Å². The molecule has 1 rings (SSSR count). The standard InChI is InChI=1S/C11H11Br2ClO/c1-6(11(13)7(2)15)8-3-4-10(14)9(12)5-8/h3-6,11H,1-2H3. The van der Waals surface area contributed by atoms with Gasteiger partial charge in [0.25, 0.3) is 0 Å². The Hall–Kier alpha value is 0.140. The normalized spacial score (nSPS) is 14.7. The SMILES string of the molecule is CC(=O)C(Br)C(C)c1ccc(Cl)c(Br)c1. The molecule has 0 N–H and O–H groups in total. The van der Waals surface area contributed by atoms with Crippen LogP contribution in [0.5, 0.6) is 0 Å². The molecule has 2 unspecified atom stereocenters. The Kier molecular flexibility index (Phi) is 4.81. The van der Waals surface area contributed by atoms with Gasteiger partial charge >= 0.3 is 0 Å². The highest BCUT2D eigenvalue weighted by Gasteiger charge is 2.20. The summed E-state index contributed by atoms with van der Waals surface area (Å²) in [6, 6.07) is 5.72. The molecule has 0 aliphatic rings. The first-order valence-corrected chi connectivity index (χ1v) is 6.61. The van der Waals surface area contributed by atoms with Crippen LogP contribution in [-0.4, -0.2) is 10.6 Å². The summed E-state index contributed by atoms with van der Waals surface area (Å²) in [6.07, 6.45) is 0. The van der Waals surface area contributed by atoms with E-state index in [0.29, 0.717) is 5.02 Å². The van der Waals surface area contributed by atoms with Crippen LogP contribution in [0.1, 0.15) is 25.3 Å². The van der Waals surface area contributed by atoms with Gasteiger partial charge in [0, 0.05) is 10.4 Å². The highest BCUT2D eigenvalue weighted by molar-refractivity contribution is 9.10. The molecule has 1 aromatic carbocycles. The first kappa shape index (κ1) is 13.2. The van der Waals surface area contributed by atoms with Crippen molar-refractivity contribution in [2.75, 3.05) is 0 Å². The van der Waals surface area contributed by atoms with Crippen molar-refractivity contribution in [3.8, 4) is 0 Å². The molecule has 15 heavy (non-hydrogen) atoms. The number of Topliss-reactive ketones (excluding diaryl/α,β-unsaturated/α-hetero) is 1. The van der Waals surface area contributed by atoms with Crippen molar-refractivity contribution in [2.45, 2.75) is 24.6 Å². The molecule has 0 radical (unpaired) electrons. The van der Waals surface area contributed by atoms with Crippen LogP contribution < -0.4 is 0 Å². The summed E-state index contributed by atoms with van der Waals surface area (Å²) in [5.74, 6) is 0.268. The number of alkyl halides is 1. The van der Waals surface area contributed by atoms with Crippen LogP contribution in [0.3, 0.4) is 0 Å². The van der Waals surface area contributed by atoms with Crippen LogP contribution in [0.15, 0.2) is 22.7 Å². The predicted octanol–water partition coefficient (Wildman–Crippen LogP) is 4.56. The minimum atomic E-state index is -0.148. The van der Waals surface area contributed by atoms with Gasteiger partial charge in [0.05, 0.1) is 9.85 Å². The van der Waals surface area contributed by atoms with Gasteiger partial charge in [-0.15, -0.1) is 0 Å². The topological polar surface area (TPSA) is 17.1 Å². The zero-order valence-electron chi connectivity index (χ0n) is 8.43. The van der Waals surface area contributed by atoms with E-state index in [1.165, 1.54) is 0 Å². The van der Waals surface area contributed by atoms with E-state index in [0.717, 1.165) is 10.0 Å². The molecule has 0 amide bonds. The second-order valence-corrected chi connectivity index (χ2v) is 5.72. The van der Waals surface area contributed by atoms with Crippen molar-refractivity contribution in [2.24, 2.45) is 0 Å². The summed E-state index contributed by atoms with van der Waals surface area (Å²) in [6.45, 7) is 3.59. The van der Waals surface area contributed by atoms with E-state index in [9.17, 15) is 4.79 Å². The highest BCUT2D eigenvalue weighted by atomic mass is 79.9. The quantitative estimate of drug-likeness (QED) is 0.728. The number of benzene rings is 1. The molecule has 0 saturated carbocycles. The second-order valence-electron chi connectivity index (χ2n) is 3.47. The Morgan fingerprint density at radius 1 is 1.47 bits per heavy atom. The van der Waals surface area contributed by atoms with Gasteiger partial charge in [0.1, 0.15) is 5.78 Å². The summed E-state index contributed by atoms with van der Waals surface area (Å²) >= 11 is 12.7. The van der Waals surface area contributed by atoms with Gasteiger partial charge in [-0.3, -0.25) is 4.79 Å². The molecule has 0 aliphatic carbocycles. The highest BCUT2D eigenvalue weighted by Crippen LogP contribution is 2.30. The zero-order chi connectivity index (χ0) is 11.6. The monoisotopic (exact) mass is 352 g/mol. The van der Waals surface area contributed by atoms with Crippen LogP contribution in [-0.2, 0) is 4.79 Å². The third-order valence-corrected chi connectivity index (χ3v) is 4.95. The number of carbonyl (C=O) groups is 1. The first-order chi connectivity index (χ1) is 6.93. The van der Waals surface area contributed by atoms with Gasteiger partial charge in [-0.1, -0.05) is 40.5 Å². The smallest absolute Gasteiger partial charge is 0.144 e. The second kappa shape index (κ2) is 5.46. The summed E-state index contributed by atoms with van der Waals surface area (Å²) in [4.78, 5) is 11.1. The number of ketones is 1. The third kappa shape index (κ3) is 3.30. The van der Waals surface area contributed by atoms with Crippen molar-refractivity contribution in [1.29, 1.82) is 0 Å². The molecule has 0 fully saturated rings. The maximum absolute atomic E-state index is 11.2. The van der Waals surface area contributed by atoms with Crippen molar-refractivity contribution in [3.63, 3.8) is 0 Å². The van der Waals surface area contributed by atoms with E-state index in [1.54, 1.807) is 6.92 Å². The van der Waals surface area contributed by atoms with E-state index < -0.39 is 0 Å². The summed E-state index contributed by atoms with van der Waals surface area (Å²) in [7, 11) is 0. The lowest BCUT2D eigenvalue weighted by Crippen LogP contribution is -2.17. The minimum absolute atomic E-state index is 0.133. The number of hydrogen-bond donors (Lipinski definition) is 0. The molecule has 0 spiro atoms. The van der Waals surface area contributed by atoms with E-state index in [-0.39, 0.29) is 16.5 Å². The number of carbonyl (C=O) groups excluding carboxylic acids is 1. The Morgan fingerprint density at radius 3 is 2.53 bits per heavy atom. The van der Waals surface area contributed by atoms with E-state index in [1.807, 2.05) is 25.1 Å². The van der Waals surface area contributed by atoms with E-state index >= 15 is 0 Å². The lowest BCUT2D eigenvalue weighted by atomic mass is 9.96. The Morgan fingerprint density at radius 2 is 2.07 bits per heavy atom. The molecule has 4 heteroatoms. The minimum Gasteiger partial charge on any atom is -0.299 e. The molecular weight excluding hydrogens is 343 g/mol. The number of hydrogen-bond acceptors (Lipinski definition) is 1. The summed E-state index contributed by atoms with van der Waals surface area (Å²) < 4.78 is 0.858. The van der Waals surface area contributed by atoms with Crippen LogP contribution in [0.25, 0.3) is 0 Å². The number of halogens is 3. The van der Waals surface area contributed by atoms with Crippen LogP contribution in [0.2, 0.25) is 5.02 Å². The Balaban J connectivity index is 2.96. The largest absolute Gasteiger partial charge is 0.299 e.